The van der Waals surface area contributed by atoms with Crippen molar-refractivity contribution in [3.05, 3.63) is 59.9 Å². The molecule has 0 saturated carbocycles. The minimum Gasteiger partial charge on any atom is -0.494 e. The van der Waals surface area contributed by atoms with Crippen molar-refractivity contribution in [2.24, 2.45) is 5.16 Å². The average molecular weight is 386 g/mol. The zero-order chi connectivity index (χ0) is 20.0. The van der Waals surface area contributed by atoms with E-state index in [0.717, 1.165) is 12.2 Å². The molecule has 0 fully saturated rings. The largest absolute Gasteiger partial charge is 0.494 e. The van der Waals surface area contributed by atoms with E-state index in [1.54, 1.807) is 24.3 Å². The van der Waals surface area contributed by atoms with Crippen LogP contribution in [-0.4, -0.2) is 18.9 Å². The fourth-order valence-corrected chi connectivity index (χ4v) is 2.53. The van der Waals surface area contributed by atoms with Crippen molar-refractivity contribution in [2.45, 2.75) is 45.4 Å². The van der Waals surface area contributed by atoms with Crippen molar-refractivity contribution in [2.75, 3.05) is 11.9 Å². The summed E-state index contributed by atoms with van der Waals surface area (Å²) >= 11 is 0. The average Bonchev–Trinajstić information content (AvgIpc) is 2.70. The molecule has 1 N–H and O–H groups in total. The minimum absolute atomic E-state index is 0.338. The van der Waals surface area contributed by atoms with Crippen LogP contribution in [0, 0.1) is 5.82 Å². The van der Waals surface area contributed by atoms with Crippen LogP contribution in [0.5, 0.6) is 5.75 Å². The normalized spacial score (nSPS) is 10.8. The standard InChI is InChI=1S/C22H27FN2O3/c1-2-3-4-5-6-7-16-27-21-14-12-20(13-15-21)25-22(26)28-24-17-18-8-10-19(23)11-9-18/h8-15,17H,2-7,16H2,1H3,(H,25,26). The lowest BCUT2D eigenvalue weighted by molar-refractivity contribution is 0.167. The quantitative estimate of drug-likeness (QED) is 0.218. The number of anilines is 1. The van der Waals surface area contributed by atoms with Crippen molar-refractivity contribution in [1.82, 2.24) is 0 Å². The van der Waals surface area contributed by atoms with Crippen molar-refractivity contribution in [1.29, 1.82) is 0 Å². The molecule has 28 heavy (non-hydrogen) atoms. The van der Waals surface area contributed by atoms with E-state index >= 15 is 0 Å². The number of hydrogen-bond acceptors (Lipinski definition) is 4. The molecular weight excluding hydrogens is 359 g/mol. The second-order valence-electron chi connectivity index (χ2n) is 6.43. The Bertz CT molecular complexity index is 730. The topological polar surface area (TPSA) is 59.9 Å². The molecular formula is C22H27FN2O3. The van der Waals surface area contributed by atoms with Gasteiger partial charge in [-0.25, -0.2) is 9.18 Å². The van der Waals surface area contributed by atoms with Gasteiger partial charge in [0.1, 0.15) is 11.6 Å². The highest BCUT2D eigenvalue weighted by Gasteiger charge is 2.03. The smallest absolute Gasteiger partial charge is 0.437 e. The second kappa shape index (κ2) is 12.5. The van der Waals surface area contributed by atoms with E-state index < -0.39 is 6.09 Å². The van der Waals surface area contributed by atoms with Crippen molar-refractivity contribution >= 4 is 18.0 Å². The number of hydrogen-bond donors (Lipinski definition) is 1. The van der Waals surface area contributed by atoms with E-state index in [4.69, 9.17) is 9.57 Å². The van der Waals surface area contributed by atoms with Gasteiger partial charge in [-0.1, -0.05) is 56.3 Å². The summed E-state index contributed by atoms with van der Waals surface area (Å²) in [6.45, 7) is 2.90. The summed E-state index contributed by atoms with van der Waals surface area (Å²) in [6.07, 6.45) is 7.95. The van der Waals surface area contributed by atoms with Gasteiger partial charge in [-0.2, -0.15) is 0 Å². The summed E-state index contributed by atoms with van der Waals surface area (Å²) in [6, 6.07) is 12.7. The highest BCUT2D eigenvalue weighted by atomic mass is 19.1. The van der Waals surface area contributed by atoms with Crippen molar-refractivity contribution in [3.8, 4) is 5.75 Å². The number of halogens is 1. The number of carbonyl (C=O) groups is 1. The summed E-state index contributed by atoms with van der Waals surface area (Å²) in [5, 5.41) is 6.15. The SMILES string of the molecule is CCCCCCCCOc1ccc(NC(=O)ON=Cc2ccc(F)cc2)cc1. The zero-order valence-corrected chi connectivity index (χ0v) is 16.2. The molecule has 2 aromatic rings. The van der Waals surface area contributed by atoms with Crippen LogP contribution in [-0.2, 0) is 4.84 Å². The number of rotatable bonds is 11. The first-order valence-electron chi connectivity index (χ1n) is 9.67. The second-order valence-corrected chi connectivity index (χ2v) is 6.43. The van der Waals surface area contributed by atoms with Crippen molar-refractivity contribution < 1.29 is 18.8 Å². The van der Waals surface area contributed by atoms with Gasteiger partial charge in [0, 0.05) is 5.69 Å². The lowest BCUT2D eigenvalue weighted by atomic mass is 10.1. The number of nitrogens with zero attached hydrogens (tertiary/aromatic N) is 1. The zero-order valence-electron chi connectivity index (χ0n) is 16.2. The lowest BCUT2D eigenvalue weighted by Gasteiger charge is -2.07. The highest BCUT2D eigenvalue weighted by molar-refractivity contribution is 5.85. The number of nitrogens with one attached hydrogen (secondary N) is 1. The Morgan fingerprint density at radius 3 is 2.39 bits per heavy atom. The molecule has 0 atom stereocenters. The third-order valence-corrected chi connectivity index (χ3v) is 4.07. The summed E-state index contributed by atoms with van der Waals surface area (Å²) in [4.78, 5) is 16.4. The van der Waals surface area contributed by atoms with Crippen LogP contribution < -0.4 is 10.1 Å². The first-order chi connectivity index (χ1) is 13.7. The molecule has 0 unspecified atom stereocenters. The van der Waals surface area contributed by atoms with Crippen LogP contribution in [0.4, 0.5) is 14.9 Å². The lowest BCUT2D eigenvalue weighted by Crippen LogP contribution is -2.10. The number of oxime groups is 1. The van der Waals surface area contributed by atoms with Crippen molar-refractivity contribution in [3.63, 3.8) is 0 Å². The Hall–Kier alpha value is -2.89. The third kappa shape index (κ3) is 8.66. The molecule has 0 aliphatic rings. The van der Waals surface area contributed by atoms with Gasteiger partial charge in [-0.3, -0.25) is 10.2 Å². The van der Waals surface area contributed by atoms with Crippen LogP contribution in [0.15, 0.2) is 53.7 Å². The van der Waals surface area contributed by atoms with E-state index in [0.29, 0.717) is 17.9 Å². The van der Waals surface area contributed by atoms with E-state index in [1.165, 1.54) is 62.6 Å². The Labute approximate surface area is 165 Å². The molecule has 0 saturated heterocycles. The van der Waals surface area contributed by atoms with Gasteiger partial charge in [0.2, 0.25) is 0 Å². The first-order valence-corrected chi connectivity index (χ1v) is 9.67. The minimum atomic E-state index is -0.709. The number of carbonyl (C=O) groups excluding carboxylic acids is 1. The van der Waals surface area contributed by atoms with Gasteiger partial charge < -0.3 is 4.74 Å². The summed E-state index contributed by atoms with van der Waals surface area (Å²) in [7, 11) is 0. The van der Waals surface area contributed by atoms with Crippen LogP contribution in [0.2, 0.25) is 0 Å². The number of amides is 1. The highest BCUT2D eigenvalue weighted by Crippen LogP contribution is 2.16. The molecule has 1 amide bonds. The predicted octanol–water partition coefficient (Wildman–Crippen LogP) is 6.15. The Balaban J connectivity index is 1.65. The van der Waals surface area contributed by atoms with Crippen LogP contribution in [0.3, 0.4) is 0 Å². The Morgan fingerprint density at radius 2 is 1.68 bits per heavy atom. The number of ether oxygens (including phenoxy) is 1. The molecule has 0 spiro atoms. The fourth-order valence-electron chi connectivity index (χ4n) is 2.53. The molecule has 6 heteroatoms. The summed E-state index contributed by atoms with van der Waals surface area (Å²) < 4.78 is 18.5. The number of benzene rings is 2. The molecule has 0 aromatic heterocycles. The van der Waals surface area contributed by atoms with Crippen LogP contribution in [0.25, 0.3) is 0 Å². The maximum atomic E-state index is 12.8. The van der Waals surface area contributed by atoms with E-state index in [9.17, 15) is 9.18 Å². The molecule has 2 aromatic carbocycles. The van der Waals surface area contributed by atoms with Gasteiger partial charge in [-0.05, 0) is 48.4 Å². The molecule has 2 rings (SSSR count). The molecule has 0 aliphatic heterocycles. The summed E-state index contributed by atoms with van der Waals surface area (Å²) in [5.41, 5.74) is 1.20. The molecule has 0 aliphatic carbocycles. The van der Waals surface area contributed by atoms with Crippen LogP contribution in [0.1, 0.15) is 51.0 Å². The molecule has 0 bridgehead atoms. The van der Waals surface area contributed by atoms with Crippen LogP contribution >= 0.6 is 0 Å². The third-order valence-electron chi connectivity index (χ3n) is 4.07. The molecule has 0 radical (unpaired) electrons. The monoisotopic (exact) mass is 386 g/mol. The van der Waals surface area contributed by atoms with Gasteiger partial charge in [0.15, 0.2) is 0 Å². The molecule has 0 heterocycles. The summed E-state index contributed by atoms with van der Waals surface area (Å²) in [5.74, 6) is 0.428. The Morgan fingerprint density at radius 1 is 1.00 bits per heavy atom. The first kappa shape index (κ1) is 21.4. The fraction of sp³-hybridized carbons (Fsp3) is 0.364. The van der Waals surface area contributed by atoms with Gasteiger partial charge in [-0.15, -0.1) is 0 Å². The van der Waals surface area contributed by atoms with Gasteiger partial charge in [0.25, 0.3) is 0 Å². The van der Waals surface area contributed by atoms with E-state index in [-0.39, 0.29) is 5.82 Å². The molecule has 150 valence electrons. The maximum absolute atomic E-state index is 12.8. The molecule has 5 nitrogen and oxygen atoms in total. The predicted molar refractivity (Wildman–Crippen MR) is 109 cm³/mol. The number of unbranched alkanes of at least 4 members (excludes halogenated alkanes) is 5. The van der Waals surface area contributed by atoms with E-state index in [2.05, 4.69) is 17.4 Å². The van der Waals surface area contributed by atoms with Gasteiger partial charge in [0.05, 0.1) is 12.8 Å². The van der Waals surface area contributed by atoms with Gasteiger partial charge >= 0.3 is 6.09 Å². The Kier molecular flexibility index (Phi) is 9.55. The maximum Gasteiger partial charge on any atom is 0.437 e. The van der Waals surface area contributed by atoms with E-state index in [1.807, 2.05) is 0 Å².